The molecule has 0 aliphatic rings. The molecule has 4 rings (SSSR count). The van der Waals surface area contributed by atoms with E-state index >= 15 is 0 Å². The molecule has 0 amide bonds. The molecule has 41 heavy (non-hydrogen) atoms. The molecule has 10 heteroatoms. The Balaban J connectivity index is 1.55. The van der Waals surface area contributed by atoms with Crippen LogP contribution in [0.15, 0.2) is 95.9 Å². The molecule has 0 bridgehead atoms. The summed E-state index contributed by atoms with van der Waals surface area (Å²) in [5, 5.41) is 0. The van der Waals surface area contributed by atoms with Crippen LogP contribution in [-0.2, 0) is 16.2 Å². The van der Waals surface area contributed by atoms with Crippen LogP contribution in [0, 0.1) is 0 Å². The van der Waals surface area contributed by atoms with Gasteiger partial charge in [-0.1, -0.05) is 44.2 Å². The lowest BCUT2D eigenvalue weighted by Gasteiger charge is -2.15. The van der Waals surface area contributed by atoms with E-state index in [1.807, 2.05) is 12.1 Å². The van der Waals surface area contributed by atoms with Crippen LogP contribution in [0.5, 0.6) is 17.2 Å². The normalized spacial score (nSPS) is 11.8. The van der Waals surface area contributed by atoms with Crippen LogP contribution in [0.1, 0.15) is 53.7 Å². The van der Waals surface area contributed by atoms with Gasteiger partial charge in [0.1, 0.15) is 22.1 Å². The topological polar surface area (TPSA) is 81.7 Å². The zero-order valence-corrected chi connectivity index (χ0v) is 23.3. The largest absolute Gasteiger partial charge is 0.492 e. The van der Waals surface area contributed by atoms with Crippen molar-refractivity contribution in [2.24, 2.45) is 0 Å². The quantitative estimate of drug-likeness (QED) is 0.191. The Kier molecular flexibility index (Phi) is 8.72. The van der Waals surface area contributed by atoms with E-state index in [2.05, 4.69) is 18.6 Å². The number of nitrogens with one attached hydrogen (secondary N) is 1. The number of halogens is 3. The maximum Gasteiger partial charge on any atom is 0.416 e. The molecule has 0 aromatic heterocycles. The predicted molar refractivity (Wildman–Crippen MR) is 150 cm³/mol. The summed E-state index contributed by atoms with van der Waals surface area (Å²) in [7, 11) is -4.37. The molecule has 0 saturated carbocycles. The minimum absolute atomic E-state index is 0.00348. The third kappa shape index (κ3) is 7.26. The Hall–Kier alpha value is -4.31. The lowest BCUT2D eigenvalue weighted by molar-refractivity contribution is -0.137. The Bertz CT molecular complexity index is 1630. The Morgan fingerprint density at radius 3 is 2.05 bits per heavy atom. The Labute approximate surface area is 236 Å². The van der Waals surface area contributed by atoms with Gasteiger partial charge >= 0.3 is 6.18 Å². The third-order valence-electron chi connectivity index (χ3n) is 6.14. The molecule has 0 unspecified atom stereocenters. The highest BCUT2D eigenvalue weighted by atomic mass is 32.2. The van der Waals surface area contributed by atoms with E-state index < -0.39 is 21.8 Å². The average molecular weight is 584 g/mol. The van der Waals surface area contributed by atoms with Gasteiger partial charge in [0.25, 0.3) is 10.0 Å². The van der Waals surface area contributed by atoms with Crippen molar-refractivity contribution in [2.75, 3.05) is 11.3 Å². The Morgan fingerprint density at radius 2 is 1.46 bits per heavy atom. The molecule has 0 atom stereocenters. The van der Waals surface area contributed by atoms with Crippen LogP contribution in [0.3, 0.4) is 0 Å². The fourth-order valence-corrected chi connectivity index (χ4v) is 5.21. The van der Waals surface area contributed by atoms with Crippen LogP contribution in [0.4, 0.5) is 18.9 Å². The molecule has 0 aliphatic carbocycles. The van der Waals surface area contributed by atoms with Gasteiger partial charge in [-0.2, -0.15) is 13.2 Å². The van der Waals surface area contributed by atoms with E-state index in [-0.39, 0.29) is 34.5 Å². The molecule has 4 aromatic carbocycles. The number of hydrogen-bond acceptors (Lipinski definition) is 5. The zero-order valence-electron chi connectivity index (χ0n) is 22.5. The predicted octanol–water partition coefficient (Wildman–Crippen LogP) is 8.05. The van der Waals surface area contributed by atoms with Crippen LogP contribution in [-0.4, -0.2) is 20.8 Å². The van der Waals surface area contributed by atoms with Gasteiger partial charge in [0.2, 0.25) is 0 Å². The summed E-state index contributed by atoms with van der Waals surface area (Å²) in [5.41, 5.74) is 0.890. The monoisotopic (exact) mass is 583 g/mol. The number of hydrogen-bond donors (Lipinski definition) is 1. The standard InChI is InChI=1S/C31H28F3NO5S/c1-4-39-28-17-16-27(19-29(28)41(37,38)35-25-7-5-6-24(18-25)31(32,33)34)40-26-14-12-23(13-15-26)30(36)22-10-8-21(9-11-22)20(2)3/h5-20,35H,4H2,1-3H3. The number of sulfonamides is 1. The molecule has 0 heterocycles. The average Bonchev–Trinajstić information content (AvgIpc) is 2.93. The van der Waals surface area contributed by atoms with Gasteiger partial charge in [-0.15, -0.1) is 0 Å². The van der Waals surface area contributed by atoms with Crippen molar-refractivity contribution in [1.29, 1.82) is 0 Å². The molecule has 0 spiro atoms. The van der Waals surface area contributed by atoms with Crippen LogP contribution in [0.25, 0.3) is 0 Å². The summed E-state index contributed by atoms with van der Waals surface area (Å²) in [6, 6.07) is 21.8. The molecular weight excluding hydrogens is 555 g/mol. The fourth-order valence-electron chi connectivity index (χ4n) is 4.00. The highest BCUT2D eigenvalue weighted by Crippen LogP contribution is 2.34. The number of alkyl halides is 3. The molecule has 1 N–H and O–H groups in total. The third-order valence-corrected chi connectivity index (χ3v) is 7.54. The van der Waals surface area contributed by atoms with Crippen molar-refractivity contribution in [1.82, 2.24) is 0 Å². The van der Waals surface area contributed by atoms with Crippen molar-refractivity contribution in [3.63, 3.8) is 0 Å². The molecule has 4 aromatic rings. The van der Waals surface area contributed by atoms with E-state index in [4.69, 9.17) is 9.47 Å². The van der Waals surface area contributed by atoms with Crippen molar-refractivity contribution in [2.45, 2.75) is 37.8 Å². The van der Waals surface area contributed by atoms with E-state index in [1.54, 1.807) is 43.3 Å². The maximum atomic E-state index is 13.2. The van der Waals surface area contributed by atoms with Crippen LogP contribution < -0.4 is 14.2 Å². The lowest BCUT2D eigenvalue weighted by Crippen LogP contribution is -2.15. The number of ketones is 1. The second-order valence-corrected chi connectivity index (χ2v) is 11.1. The van der Waals surface area contributed by atoms with Crippen molar-refractivity contribution < 1.29 is 35.9 Å². The second-order valence-electron chi connectivity index (χ2n) is 9.46. The van der Waals surface area contributed by atoms with Crippen molar-refractivity contribution >= 4 is 21.5 Å². The van der Waals surface area contributed by atoms with Crippen molar-refractivity contribution in [3.05, 3.63) is 113 Å². The molecular formula is C31H28F3NO5S. The first-order valence-corrected chi connectivity index (χ1v) is 14.2. The highest BCUT2D eigenvalue weighted by molar-refractivity contribution is 7.92. The summed E-state index contributed by atoms with van der Waals surface area (Å²) >= 11 is 0. The number of carbonyl (C=O) groups excluding carboxylic acids is 1. The van der Waals surface area contributed by atoms with E-state index in [9.17, 15) is 26.4 Å². The molecule has 0 saturated heterocycles. The van der Waals surface area contributed by atoms with Gasteiger partial charge < -0.3 is 9.47 Å². The van der Waals surface area contributed by atoms with Crippen molar-refractivity contribution in [3.8, 4) is 17.2 Å². The smallest absolute Gasteiger partial charge is 0.416 e. The zero-order chi connectivity index (χ0) is 29.8. The summed E-state index contributed by atoms with van der Waals surface area (Å²) in [4.78, 5) is 12.6. The number of ether oxygens (including phenoxy) is 2. The molecule has 0 radical (unpaired) electrons. The highest BCUT2D eigenvalue weighted by Gasteiger charge is 2.31. The summed E-state index contributed by atoms with van der Waals surface area (Å²) in [6.45, 7) is 5.97. The van der Waals surface area contributed by atoms with Crippen LogP contribution in [0.2, 0.25) is 0 Å². The SMILES string of the molecule is CCOc1ccc(Oc2ccc(C(=O)c3ccc(C(C)C)cc3)cc2)cc1S(=O)(=O)Nc1cccc(C(F)(F)F)c1. The number of carbonyl (C=O) groups is 1. The van der Waals surface area contributed by atoms with Gasteiger partial charge in [0.15, 0.2) is 5.78 Å². The Morgan fingerprint density at radius 1 is 0.854 bits per heavy atom. The number of benzene rings is 4. The van der Waals surface area contributed by atoms with Gasteiger partial charge in [-0.05, 0) is 73.0 Å². The van der Waals surface area contributed by atoms with E-state index in [0.717, 1.165) is 17.7 Å². The van der Waals surface area contributed by atoms with Gasteiger partial charge in [0, 0.05) is 22.9 Å². The minimum Gasteiger partial charge on any atom is -0.492 e. The summed E-state index contributed by atoms with van der Waals surface area (Å²) in [5.74, 6) is 0.687. The van der Waals surface area contributed by atoms with Gasteiger partial charge in [-0.3, -0.25) is 9.52 Å². The van der Waals surface area contributed by atoms with E-state index in [1.165, 1.54) is 24.3 Å². The second kappa shape index (κ2) is 12.1. The molecule has 0 aliphatic heterocycles. The number of rotatable bonds is 10. The summed E-state index contributed by atoms with van der Waals surface area (Å²) in [6.07, 6.45) is -4.63. The first kappa shape index (κ1) is 29.7. The minimum atomic E-state index is -4.63. The van der Waals surface area contributed by atoms with Gasteiger partial charge in [0.05, 0.1) is 12.2 Å². The maximum absolute atomic E-state index is 13.2. The lowest BCUT2D eigenvalue weighted by atomic mass is 9.98. The first-order chi connectivity index (χ1) is 19.4. The van der Waals surface area contributed by atoms with Crippen LogP contribution >= 0.6 is 0 Å². The molecule has 214 valence electrons. The fraction of sp³-hybridized carbons (Fsp3) is 0.194. The summed E-state index contributed by atoms with van der Waals surface area (Å²) < 4.78 is 79.2. The first-order valence-electron chi connectivity index (χ1n) is 12.8. The van der Waals surface area contributed by atoms with Gasteiger partial charge in [-0.25, -0.2) is 8.42 Å². The number of anilines is 1. The molecule has 6 nitrogen and oxygen atoms in total. The molecule has 0 fully saturated rings. The van der Waals surface area contributed by atoms with E-state index in [0.29, 0.717) is 28.9 Å².